The molecule has 0 heterocycles. The molecule has 0 aliphatic carbocycles. The standard InChI is InChI=1S/C13H18/c1-5-12(13(2,3)4)11-9-7-6-8-10-11/h5-10,12H,1H2,2-4H3. The van der Waals surface area contributed by atoms with E-state index >= 15 is 0 Å². The maximum Gasteiger partial charge on any atom is 0.00639 e. The van der Waals surface area contributed by atoms with E-state index in [-0.39, 0.29) is 5.41 Å². The summed E-state index contributed by atoms with van der Waals surface area (Å²) in [5.41, 5.74) is 1.60. The smallest absolute Gasteiger partial charge is 0.00639 e. The Kier molecular flexibility index (Phi) is 2.92. The van der Waals surface area contributed by atoms with Crippen LogP contribution in [0.2, 0.25) is 0 Å². The van der Waals surface area contributed by atoms with Gasteiger partial charge >= 0.3 is 0 Å². The van der Waals surface area contributed by atoms with Crippen LogP contribution in [-0.4, -0.2) is 0 Å². The Bertz CT molecular complexity index is 264. The molecule has 0 saturated heterocycles. The Balaban J connectivity index is 2.99. The van der Waals surface area contributed by atoms with Gasteiger partial charge in [0.05, 0.1) is 0 Å². The van der Waals surface area contributed by atoms with Crippen molar-refractivity contribution in [1.29, 1.82) is 0 Å². The first-order chi connectivity index (χ1) is 6.05. The van der Waals surface area contributed by atoms with Crippen molar-refractivity contribution in [2.75, 3.05) is 0 Å². The molecule has 0 aliphatic rings. The van der Waals surface area contributed by atoms with E-state index in [9.17, 15) is 0 Å². The molecule has 1 rings (SSSR count). The molecular formula is C13H18. The molecule has 0 spiro atoms. The van der Waals surface area contributed by atoms with Gasteiger partial charge < -0.3 is 0 Å². The van der Waals surface area contributed by atoms with Crippen molar-refractivity contribution in [3.8, 4) is 0 Å². The second kappa shape index (κ2) is 3.78. The molecule has 1 unspecified atom stereocenters. The number of benzene rings is 1. The van der Waals surface area contributed by atoms with Crippen molar-refractivity contribution in [1.82, 2.24) is 0 Å². The van der Waals surface area contributed by atoms with Gasteiger partial charge in [-0.2, -0.15) is 0 Å². The van der Waals surface area contributed by atoms with Crippen LogP contribution in [0.4, 0.5) is 0 Å². The van der Waals surface area contributed by atoms with E-state index in [2.05, 4.69) is 51.6 Å². The van der Waals surface area contributed by atoms with Crippen LogP contribution >= 0.6 is 0 Å². The zero-order valence-electron chi connectivity index (χ0n) is 8.75. The van der Waals surface area contributed by atoms with E-state index in [4.69, 9.17) is 0 Å². The summed E-state index contributed by atoms with van der Waals surface area (Å²) in [6.07, 6.45) is 2.04. The Morgan fingerprint density at radius 2 is 1.69 bits per heavy atom. The van der Waals surface area contributed by atoms with Crippen molar-refractivity contribution >= 4 is 0 Å². The Morgan fingerprint density at radius 3 is 2.08 bits per heavy atom. The summed E-state index contributed by atoms with van der Waals surface area (Å²) in [6, 6.07) is 10.5. The summed E-state index contributed by atoms with van der Waals surface area (Å²) in [4.78, 5) is 0. The van der Waals surface area contributed by atoms with Crippen LogP contribution in [-0.2, 0) is 0 Å². The van der Waals surface area contributed by atoms with Crippen molar-refractivity contribution in [3.05, 3.63) is 48.6 Å². The van der Waals surface area contributed by atoms with Crippen molar-refractivity contribution in [2.45, 2.75) is 26.7 Å². The molecule has 0 heteroatoms. The van der Waals surface area contributed by atoms with Crippen LogP contribution in [0.1, 0.15) is 32.3 Å². The van der Waals surface area contributed by atoms with E-state index in [1.54, 1.807) is 0 Å². The lowest BCUT2D eigenvalue weighted by Gasteiger charge is -2.28. The van der Waals surface area contributed by atoms with Gasteiger partial charge in [0.15, 0.2) is 0 Å². The van der Waals surface area contributed by atoms with Gasteiger partial charge in [0.25, 0.3) is 0 Å². The largest absolute Gasteiger partial charge is 0.102 e. The molecule has 0 aromatic heterocycles. The fourth-order valence-corrected chi connectivity index (χ4v) is 1.65. The molecule has 0 bridgehead atoms. The monoisotopic (exact) mass is 174 g/mol. The second-order valence-corrected chi connectivity index (χ2v) is 4.49. The fourth-order valence-electron chi connectivity index (χ4n) is 1.65. The first-order valence-corrected chi connectivity index (χ1v) is 4.73. The maximum absolute atomic E-state index is 3.90. The molecule has 0 nitrogen and oxygen atoms in total. The second-order valence-electron chi connectivity index (χ2n) is 4.49. The molecule has 0 N–H and O–H groups in total. The molecule has 0 amide bonds. The van der Waals surface area contributed by atoms with Crippen LogP contribution in [0, 0.1) is 5.41 Å². The third-order valence-electron chi connectivity index (χ3n) is 2.33. The lowest BCUT2D eigenvalue weighted by molar-refractivity contribution is 0.367. The molecule has 13 heavy (non-hydrogen) atoms. The van der Waals surface area contributed by atoms with Crippen molar-refractivity contribution in [3.63, 3.8) is 0 Å². The minimum absolute atomic E-state index is 0.253. The molecule has 0 aliphatic heterocycles. The van der Waals surface area contributed by atoms with E-state index < -0.39 is 0 Å². The molecule has 1 aromatic rings. The molecule has 0 saturated carbocycles. The minimum Gasteiger partial charge on any atom is -0.102 e. The lowest BCUT2D eigenvalue weighted by Crippen LogP contribution is -2.15. The van der Waals surface area contributed by atoms with E-state index in [0.29, 0.717) is 5.92 Å². The minimum atomic E-state index is 0.253. The number of rotatable bonds is 2. The van der Waals surface area contributed by atoms with Crippen molar-refractivity contribution < 1.29 is 0 Å². The fraction of sp³-hybridized carbons (Fsp3) is 0.385. The summed E-state index contributed by atoms with van der Waals surface area (Å²) in [6.45, 7) is 10.6. The molecule has 1 aromatic carbocycles. The highest BCUT2D eigenvalue weighted by Gasteiger charge is 2.22. The SMILES string of the molecule is C=CC(c1ccccc1)C(C)(C)C. The molecule has 0 fully saturated rings. The van der Waals surface area contributed by atoms with Crippen LogP contribution < -0.4 is 0 Å². The Hall–Kier alpha value is -1.04. The topological polar surface area (TPSA) is 0 Å². The van der Waals surface area contributed by atoms with Crippen LogP contribution in [0.3, 0.4) is 0 Å². The highest BCUT2D eigenvalue weighted by molar-refractivity contribution is 5.25. The Labute approximate surface area is 81.3 Å². The lowest BCUT2D eigenvalue weighted by atomic mass is 9.77. The zero-order chi connectivity index (χ0) is 9.90. The normalized spacial score (nSPS) is 13.8. The average Bonchev–Trinajstić information content (AvgIpc) is 2.05. The molecule has 70 valence electrons. The van der Waals surface area contributed by atoms with Gasteiger partial charge in [-0.05, 0) is 11.0 Å². The van der Waals surface area contributed by atoms with Gasteiger partial charge in [-0.15, -0.1) is 6.58 Å². The van der Waals surface area contributed by atoms with E-state index in [1.807, 2.05) is 12.1 Å². The maximum atomic E-state index is 3.90. The van der Waals surface area contributed by atoms with Crippen molar-refractivity contribution in [2.24, 2.45) is 5.41 Å². The van der Waals surface area contributed by atoms with E-state index in [0.717, 1.165) is 0 Å². The molecular weight excluding hydrogens is 156 g/mol. The summed E-state index contributed by atoms with van der Waals surface area (Å²) in [7, 11) is 0. The first kappa shape index (κ1) is 10.0. The van der Waals surface area contributed by atoms with Crippen LogP contribution in [0.25, 0.3) is 0 Å². The number of hydrogen-bond donors (Lipinski definition) is 0. The Morgan fingerprint density at radius 1 is 1.15 bits per heavy atom. The highest BCUT2D eigenvalue weighted by atomic mass is 14.3. The summed E-state index contributed by atoms with van der Waals surface area (Å²) >= 11 is 0. The molecule has 1 atom stereocenters. The first-order valence-electron chi connectivity index (χ1n) is 4.73. The predicted molar refractivity (Wildman–Crippen MR) is 58.8 cm³/mol. The third kappa shape index (κ3) is 2.45. The summed E-state index contributed by atoms with van der Waals surface area (Å²) in [5.74, 6) is 0.439. The third-order valence-corrected chi connectivity index (χ3v) is 2.33. The van der Waals surface area contributed by atoms with E-state index in [1.165, 1.54) is 5.56 Å². The number of allylic oxidation sites excluding steroid dienone is 1. The molecule has 0 radical (unpaired) electrons. The van der Waals surface area contributed by atoms with Crippen LogP contribution in [0.5, 0.6) is 0 Å². The van der Waals surface area contributed by atoms with Gasteiger partial charge in [0.1, 0.15) is 0 Å². The summed E-state index contributed by atoms with van der Waals surface area (Å²) in [5, 5.41) is 0. The van der Waals surface area contributed by atoms with Gasteiger partial charge in [0.2, 0.25) is 0 Å². The van der Waals surface area contributed by atoms with Crippen LogP contribution in [0.15, 0.2) is 43.0 Å². The van der Waals surface area contributed by atoms with Gasteiger partial charge in [-0.1, -0.05) is 57.2 Å². The van der Waals surface area contributed by atoms with Gasteiger partial charge in [-0.25, -0.2) is 0 Å². The quantitative estimate of drug-likeness (QED) is 0.594. The van der Waals surface area contributed by atoms with Gasteiger partial charge in [0, 0.05) is 5.92 Å². The average molecular weight is 174 g/mol. The summed E-state index contributed by atoms with van der Waals surface area (Å²) < 4.78 is 0. The zero-order valence-corrected chi connectivity index (χ0v) is 8.75. The number of hydrogen-bond acceptors (Lipinski definition) is 0. The van der Waals surface area contributed by atoms with Gasteiger partial charge in [-0.3, -0.25) is 0 Å². The highest BCUT2D eigenvalue weighted by Crippen LogP contribution is 2.35. The predicted octanol–water partition coefficient (Wildman–Crippen LogP) is 4.00.